The van der Waals surface area contributed by atoms with Crippen molar-refractivity contribution in [2.24, 2.45) is 5.92 Å². The van der Waals surface area contributed by atoms with E-state index in [1.165, 1.54) is 35.2 Å². The molecule has 0 saturated carbocycles. The Hall–Kier alpha value is -2.26. The monoisotopic (exact) mass is 410 g/mol. The number of ketones is 1. The van der Waals surface area contributed by atoms with Crippen molar-refractivity contribution < 1.29 is 27.5 Å². The molecule has 0 unspecified atom stereocenters. The quantitative estimate of drug-likeness (QED) is 0.603. The first-order chi connectivity index (χ1) is 13.1. The zero-order valence-electron chi connectivity index (χ0n) is 16.5. The summed E-state index contributed by atoms with van der Waals surface area (Å²) in [7, 11) is -3.58. The van der Waals surface area contributed by atoms with Crippen LogP contribution in [0.15, 0.2) is 29.2 Å². The molecule has 2 rings (SSSR count). The van der Waals surface area contributed by atoms with Crippen molar-refractivity contribution in [3.63, 3.8) is 0 Å². The van der Waals surface area contributed by atoms with Crippen molar-refractivity contribution in [3.05, 3.63) is 24.3 Å². The highest BCUT2D eigenvalue weighted by atomic mass is 32.2. The topological polar surface area (TPSA) is 101 Å². The van der Waals surface area contributed by atoms with Gasteiger partial charge < -0.3 is 9.64 Å². The number of anilines is 1. The Morgan fingerprint density at radius 1 is 1.21 bits per heavy atom. The molecule has 8 nitrogen and oxygen atoms in total. The highest BCUT2D eigenvalue weighted by molar-refractivity contribution is 7.89. The number of rotatable bonds is 8. The molecule has 1 aromatic rings. The Balaban J connectivity index is 2.13. The molecule has 0 aromatic heterocycles. The Labute approximate surface area is 165 Å². The molecule has 0 N–H and O–H groups in total. The number of hydrogen-bond donors (Lipinski definition) is 0. The van der Waals surface area contributed by atoms with Crippen LogP contribution in [0.25, 0.3) is 0 Å². The molecular weight excluding hydrogens is 384 g/mol. The molecular formula is C19H26N2O6S. The molecule has 1 aromatic carbocycles. The van der Waals surface area contributed by atoms with E-state index in [0.29, 0.717) is 18.8 Å². The number of benzene rings is 1. The van der Waals surface area contributed by atoms with Gasteiger partial charge in [-0.2, -0.15) is 4.31 Å². The maximum absolute atomic E-state index is 12.5. The second-order valence-electron chi connectivity index (χ2n) is 6.68. The molecule has 1 saturated heterocycles. The summed E-state index contributed by atoms with van der Waals surface area (Å²) in [5, 5.41) is 0. The van der Waals surface area contributed by atoms with Crippen molar-refractivity contribution in [2.45, 2.75) is 45.1 Å². The van der Waals surface area contributed by atoms with E-state index >= 15 is 0 Å². The lowest BCUT2D eigenvalue weighted by Crippen LogP contribution is -2.31. The first-order valence-corrected chi connectivity index (χ1v) is 10.7. The highest BCUT2D eigenvalue weighted by Gasteiger charge is 2.37. The summed E-state index contributed by atoms with van der Waals surface area (Å²) >= 11 is 0. The first-order valence-electron chi connectivity index (χ1n) is 9.23. The van der Waals surface area contributed by atoms with Gasteiger partial charge in [-0.25, -0.2) is 8.42 Å². The molecule has 1 aliphatic rings. The van der Waals surface area contributed by atoms with Crippen LogP contribution in [-0.2, 0) is 29.1 Å². The van der Waals surface area contributed by atoms with Crippen LogP contribution in [0.5, 0.6) is 0 Å². The Morgan fingerprint density at radius 3 is 2.29 bits per heavy atom. The maximum Gasteiger partial charge on any atom is 0.311 e. The third-order valence-electron chi connectivity index (χ3n) is 4.82. The molecule has 1 heterocycles. The van der Waals surface area contributed by atoms with Crippen LogP contribution in [0, 0.1) is 5.92 Å². The Kier molecular flexibility index (Phi) is 6.95. The number of carbonyl (C=O) groups excluding carboxylic acids is 3. The van der Waals surface area contributed by atoms with Crippen molar-refractivity contribution in [2.75, 3.05) is 24.5 Å². The molecule has 154 valence electrons. The number of esters is 1. The molecule has 1 fully saturated rings. The molecule has 9 heteroatoms. The van der Waals surface area contributed by atoms with E-state index in [2.05, 4.69) is 0 Å². The number of amides is 1. The second-order valence-corrected chi connectivity index (χ2v) is 8.62. The van der Waals surface area contributed by atoms with E-state index in [1.807, 2.05) is 0 Å². The van der Waals surface area contributed by atoms with Crippen molar-refractivity contribution in [1.29, 1.82) is 0 Å². The van der Waals surface area contributed by atoms with Gasteiger partial charge in [-0.05, 0) is 38.1 Å². The normalized spacial score (nSPS) is 18.4. The lowest BCUT2D eigenvalue weighted by atomic mass is 10.1. The van der Waals surface area contributed by atoms with Crippen LogP contribution >= 0.6 is 0 Å². The Morgan fingerprint density at radius 2 is 1.79 bits per heavy atom. The van der Waals surface area contributed by atoms with Crippen molar-refractivity contribution in [3.8, 4) is 0 Å². The third kappa shape index (κ3) is 4.59. The van der Waals surface area contributed by atoms with Crippen molar-refractivity contribution >= 4 is 33.4 Å². The number of ether oxygens (including phenoxy) is 1. The minimum atomic E-state index is -3.58. The van der Waals surface area contributed by atoms with Gasteiger partial charge in [0.05, 0.1) is 10.8 Å². The zero-order chi connectivity index (χ0) is 21.1. The summed E-state index contributed by atoms with van der Waals surface area (Å²) in [5.74, 6) is -1.76. The lowest BCUT2D eigenvalue weighted by Gasteiger charge is -2.20. The van der Waals surface area contributed by atoms with Gasteiger partial charge >= 0.3 is 5.97 Å². The van der Waals surface area contributed by atoms with Gasteiger partial charge in [-0.15, -0.1) is 0 Å². The minimum Gasteiger partial charge on any atom is -0.454 e. The molecule has 28 heavy (non-hydrogen) atoms. The molecule has 0 radical (unpaired) electrons. The van der Waals surface area contributed by atoms with E-state index in [0.717, 1.165) is 0 Å². The van der Waals surface area contributed by atoms with Gasteiger partial charge in [0.1, 0.15) is 0 Å². The molecule has 0 bridgehead atoms. The molecule has 0 aliphatic carbocycles. The van der Waals surface area contributed by atoms with Crippen LogP contribution in [-0.4, -0.2) is 56.1 Å². The summed E-state index contributed by atoms with van der Waals surface area (Å²) in [5.41, 5.74) is 0.512. The molecule has 2 atom stereocenters. The lowest BCUT2D eigenvalue weighted by molar-refractivity contribution is -0.157. The third-order valence-corrected chi connectivity index (χ3v) is 6.88. The predicted octanol–water partition coefficient (Wildman–Crippen LogP) is 1.59. The molecule has 0 spiro atoms. The number of Topliss-reactive ketones (excluding diaryl/α,β-unsaturated/α-hetero) is 1. The first kappa shape index (κ1) is 22.0. The summed E-state index contributed by atoms with van der Waals surface area (Å²) in [6, 6.07) is 6.03. The van der Waals surface area contributed by atoms with Crippen LogP contribution in [0.3, 0.4) is 0 Å². The van der Waals surface area contributed by atoms with Gasteiger partial charge in [0, 0.05) is 31.7 Å². The Bertz CT molecular complexity index is 846. The standard InChI is InChI=1S/C19H26N2O6S/c1-5-20(6-2)28(25,26)17-9-7-16(8-10-17)21-12-15(11-18(21)23)19(24)27-14(4)13(3)22/h7-10,14-15H,5-6,11-12H2,1-4H3/t14-,15-/m1/s1. The van der Waals surface area contributed by atoms with Gasteiger partial charge in [-0.1, -0.05) is 13.8 Å². The van der Waals surface area contributed by atoms with Crippen LogP contribution in [0.1, 0.15) is 34.1 Å². The van der Waals surface area contributed by atoms with Crippen molar-refractivity contribution in [1.82, 2.24) is 4.31 Å². The highest BCUT2D eigenvalue weighted by Crippen LogP contribution is 2.28. The molecule has 1 aliphatic heterocycles. The smallest absolute Gasteiger partial charge is 0.311 e. The van der Waals surface area contributed by atoms with E-state index < -0.39 is 28.0 Å². The zero-order valence-corrected chi connectivity index (χ0v) is 17.4. The summed E-state index contributed by atoms with van der Waals surface area (Å²) in [4.78, 5) is 37.3. The van der Waals surface area contributed by atoms with Crippen LogP contribution in [0.2, 0.25) is 0 Å². The van der Waals surface area contributed by atoms with E-state index in [4.69, 9.17) is 4.74 Å². The van der Waals surface area contributed by atoms with Crippen LogP contribution < -0.4 is 4.90 Å². The minimum absolute atomic E-state index is 0.0110. The SMILES string of the molecule is CCN(CC)S(=O)(=O)c1ccc(N2C[C@H](C(=O)O[C@H](C)C(C)=O)CC2=O)cc1. The second kappa shape index (κ2) is 8.83. The fourth-order valence-electron chi connectivity index (χ4n) is 2.98. The van der Waals surface area contributed by atoms with Gasteiger partial charge in [0.15, 0.2) is 11.9 Å². The average molecular weight is 410 g/mol. The van der Waals surface area contributed by atoms with E-state index in [1.54, 1.807) is 26.0 Å². The fourth-order valence-corrected chi connectivity index (χ4v) is 4.44. The fraction of sp³-hybridized carbons (Fsp3) is 0.526. The summed E-state index contributed by atoms with van der Waals surface area (Å²) < 4.78 is 31.5. The summed E-state index contributed by atoms with van der Waals surface area (Å²) in [6.07, 6.45) is -0.857. The predicted molar refractivity (Wildman–Crippen MR) is 103 cm³/mol. The molecule has 1 amide bonds. The number of sulfonamides is 1. The van der Waals surface area contributed by atoms with E-state index in [9.17, 15) is 22.8 Å². The van der Waals surface area contributed by atoms with Gasteiger partial charge in [0.25, 0.3) is 0 Å². The van der Waals surface area contributed by atoms with E-state index in [-0.39, 0.29) is 29.6 Å². The van der Waals surface area contributed by atoms with Gasteiger partial charge in [-0.3, -0.25) is 14.4 Å². The summed E-state index contributed by atoms with van der Waals surface area (Å²) in [6.45, 7) is 7.22. The number of carbonyl (C=O) groups is 3. The van der Waals surface area contributed by atoms with Crippen LogP contribution in [0.4, 0.5) is 5.69 Å². The largest absolute Gasteiger partial charge is 0.454 e. The average Bonchev–Trinajstić information content (AvgIpc) is 3.04. The van der Waals surface area contributed by atoms with Gasteiger partial charge in [0.2, 0.25) is 15.9 Å². The maximum atomic E-state index is 12.5. The number of nitrogens with zero attached hydrogens (tertiary/aromatic N) is 2. The number of hydrogen-bond acceptors (Lipinski definition) is 6.